The summed E-state index contributed by atoms with van der Waals surface area (Å²) in [6, 6.07) is 28.3. The van der Waals surface area contributed by atoms with Crippen LogP contribution in [0.4, 0.5) is 0 Å². The maximum absolute atomic E-state index is 9.51. The Kier molecular flexibility index (Phi) is 15.3. The van der Waals surface area contributed by atoms with Gasteiger partial charge in [0.2, 0.25) is 0 Å². The summed E-state index contributed by atoms with van der Waals surface area (Å²) in [5, 5.41) is 41.5. The molecule has 0 aliphatic rings. The minimum absolute atomic E-state index is 0.100. The summed E-state index contributed by atoms with van der Waals surface area (Å²) in [5.74, 6) is 0.961. The van der Waals surface area contributed by atoms with Crippen LogP contribution >= 0.6 is 34.0 Å². The van der Waals surface area contributed by atoms with E-state index in [2.05, 4.69) is 70.6 Å². The van der Waals surface area contributed by atoms with Crippen LogP contribution in [-0.4, -0.2) is 37.4 Å². The Hall–Kier alpha value is -3.07. The maximum Gasteiger partial charge on any atom is 0.134 e. The van der Waals surface area contributed by atoms with Crippen molar-refractivity contribution in [3.05, 3.63) is 110 Å². The number of rotatable bonds is 12. The van der Waals surface area contributed by atoms with Crippen LogP contribution in [0.5, 0.6) is 5.75 Å². The van der Waals surface area contributed by atoms with Gasteiger partial charge in [0.25, 0.3) is 0 Å². The van der Waals surface area contributed by atoms with Crippen LogP contribution in [0.15, 0.2) is 95.0 Å². The number of aliphatic hydroxyl groups excluding tert-OH is 2. The fourth-order valence-electron chi connectivity index (χ4n) is 4.03. The van der Waals surface area contributed by atoms with Crippen LogP contribution in [0, 0.1) is 11.3 Å². The SMILES string of the molecule is CNCCC(O)c1cccs1.CNCCC(Oc1cccc2ccccc12)c1cccs1.N#CCC(O)c1cccs1. The standard InChI is InChI=1S/C18H19NOS.C8H13NOS.C7H7NOS/c1-19-12-11-17(18-10-5-13-21-18)20-16-9-4-7-14-6-2-3-8-15(14)16;1-9-5-4-7(10)8-3-2-6-11-8;8-4-3-6(9)7-2-1-5-10-7/h2-10,13,17,19H,11-12H2,1H3;2-3,6-7,9-10H,4-5H2,1H3;1-2,5-6,9H,3H2. The minimum atomic E-state index is -0.593. The quantitative estimate of drug-likeness (QED) is 0.114. The van der Waals surface area contributed by atoms with Crippen LogP contribution in [0.2, 0.25) is 0 Å². The lowest BCUT2D eigenvalue weighted by Gasteiger charge is -2.19. The number of aliphatic hydroxyl groups is 2. The first-order valence-corrected chi connectivity index (χ1v) is 16.5. The van der Waals surface area contributed by atoms with Gasteiger partial charge in [0.1, 0.15) is 18.0 Å². The number of hydrogen-bond donors (Lipinski definition) is 4. The van der Waals surface area contributed by atoms with E-state index >= 15 is 0 Å². The molecule has 0 aliphatic heterocycles. The number of fused-ring (bicyclic) bond motifs is 1. The third-order valence-corrected chi connectivity index (χ3v) is 9.14. The van der Waals surface area contributed by atoms with Crippen LogP contribution < -0.4 is 15.4 Å². The van der Waals surface area contributed by atoms with E-state index in [1.54, 1.807) is 22.7 Å². The number of hydrogen-bond acceptors (Lipinski definition) is 9. The van der Waals surface area contributed by atoms with Crippen molar-refractivity contribution in [3.63, 3.8) is 0 Å². The summed E-state index contributed by atoms with van der Waals surface area (Å²) in [4.78, 5) is 3.19. The lowest BCUT2D eigenvalue weighted by atomic mass is 10.1. The zero-order valence-electron chi connectivity index (χ0n) is 24.0. The summed E-state index contributed by atoms with van der Waals surface area (Å²) >= 11 is 4.83. The van der Waals surface area contributed by atoms with Crippen LogP contribution in [0.1, 0.15) is 52.2 Å². The topological polar surface area (TPSA) is 97.5 Å². The average Bonchev–Trinajstić information content (AvgIpc) is 3.83. The monoisotopic (exact) mass is 621 g/mol. The highest BCUT2D eigenvalue weighted by molar-refractivity contribution is 7.10. The van der Waals surface area contributed by atoms with Crippen LogP contribution in [0.3, 0.4) is 0 Å². The number of nitrogens with one attached hydrogen (secondary N) is 2. The molecule has 3 aromatic heterocycles. The van der Waals surface area contributed by atoms with Crippen molar-refractivity contribution >= 4 is 44.8 Å². The summed E-state index contributed by atoms with van der Waals surface area (Å²) in [7, 11) is 3.87. The Morgan fingerprint density at radius 1 is 0.714 bits per heavy atom. The summed E-state index contributed by atoms with van der Waals surface area (Å²) in [6.45, 7) is 1.80. The van der Waals surface area contributed by atoms with Gasteiger partial charge >= 0.3 is 0 Å². The zero-order chi connectivity index (χ0) is 30.0. The molecule has 0 bridgehead atoms. The van der Waals surface area contributed by atoms with Crippen molar-refractivity contribution in [1.82, 2.24) is 10.6 Å². The van der Waals surface area contributed by atoms with Gasteiger partial charge in [-0.1, -0.05) is 54.6 Å². The smallest absolute Gasteiger partial charge is 0.134 e. The second-order valence-electron chi connectivity index (χ2n) is 9.31. The Balaban J connectivity index is 0.000000194. The molecule has 42 heavy (non-hydrogen) atoms. The van der Waals surface area contributed by atoms with Crippen molar-refractivity contribution < 1.29 is 14.9 Å². The van der Waals surface area contributed by atoms with E-state index in [4.69, 9.17) is 10.00 Å². The second kappa shape index (κ2) is 19.2. The van der Waals surface area contributed by atoms with Gasteiger partial charge in [-0.3, -0.25) is 0 Å². The molecule has 0 aliphatic carbocycles. The number of nitrogens with zero attached hydrogens (tertiary/aromatic N) is 1. The first kappa shape index (κ1) is 33.4. The normalized spacial score (nSPS) is 12.6. The molecule has 9 heteroatoms. The van der Waals surface area contributed by atoms with Gasteiger partial charge in [0, 0.05) is 26.4 Å². The molecular formula is C33H39N3O3S3. The fourth-order valence-corrected chi connectivity index (χ4v) is 6.28. The van der Waals surface area contributed by atoms with Gasteiger partial charge in [-0.05, 0) is 79.4 Å². The van der Waals surface area contributed by atoms with Crippen molar-refractivity contribution in [2.75, 3.05) is 27.2 Å². The van der Waals surface area contributed by atoms with E-state index in [-0.39, 0.29) is 18.6 Å². The van der Waals surface area contributed by atoms with Crippen molar-refractivity contribution in [3.8, 4) is 11.8 Å². The van der Waals surface area contributed by atoms with Gasteiger partial charge in [0.15, 0.2) is 0 Å². The number of thiophene rings is 3. The Bertz CT molecular complexity index is 1410. The predicted octanol–water partition coefficient (Wildman–Crippen LogP) is 7.72. The molecule has 222 valence electrons. The van der Waals surface area contributed by atoms with Gasteiger partial charge in [-0.25, -0.2) is 0 Å². The fraction of sp³-hybridized carbons (Fsp3) is 0.303. The highest BCUT2D eigenvalue weighted by atomic mass is 32.1. The van der Waals surface area contributed by atoms with Crippen LogP contribution in [0.25, 0.3) is 10.8 Å². The largest absolute Gasteiger partial charge is 0.484 e. The summed E-state index contributed by atoms with van der Waals surface area (Å²) in [6.07, 6.45) is 1.15. The number of ether oxygens (including phenoxy) is 1. The van der Waals surface area contributed by atoms with Crippen LogP contribution in [-0.2, 0) is 0 Å². The molecule has 0 saturated carbocycles. The molecule has 2 aromatic carbocycles. The Labute approximate surface area is 260 Å². The van der Waals surface area contributed by atoms with Crippen molar-refractivity contribution in [2.45, 2.75) is 37.6 Å². The molecular weight excluding hydrogens is 583 g/mol. The number of nitriles is 1. The third-order valence-electron chi connectivity index (χ3n) is 6.23. The molecule has 4 N–H and O–H groups in total. The average molecular weight is 622 g/mol. The zero-order valence-corrected chi connectivity index (χ0v) is 26.4. The highest BCUT2D eigenvalue weighted by Gasteiger charge is 2.15. The van der Waals surface area contributed by atoms with Crippen molar-refractivity contribution in [1.29, 1.82) is 5.26 Å². The van der Waals surface area contributed by atoms with E-state index in [9.17, 15) is 10.2 Å². The minimum Gasteiger partial charge on any atom is -0.484 e. The highest BCUT2D eigenvalue weighted by Crippen LogP contribution is 2.32. The Morgan fingerprint density at radius 2 is 1.29 bits per heavy atom. The summed E-state index contributed by atoms with van der Waals surface area (Å²) < 4.78 is 6.34. The predicted molar refractivity (Wildman–Crippen MR) is 178 cm³/mol. The van der Waals surface area contributed by atoms with E-state index < -0.39 is 6.10 Å². The van der Waals surface area contributed by atoms with Crippen molar-refractivity contribution in [2.24, 2.45) is 0 Å². The maximum atomic E-state index is 9.51. The molecule has 0 amide bonds. The second-order valence-corrected chi connectivity index (χ2v) is 12.2. The number of benzene rings is 2. The molecule has 3 atom stereocenters. The van der Waals surface area contributed by atoms with Gasteiger partial charge in [-0.2, -0.15) is 5.26 Å². The molecule has 0 fully saturated rings. The van der Waals surface area contributed by atoms with Gasteiger partial charge in [-0.15, -0.1) is 34.0 Å². The lowest BCUT2D eigenvalue weighted by Crippen LogP contribution is -2.15. The van der Waals surface area contributed by atoms with E-state index in [0.717, 1.165) is 41.4 Å². The molecule has 5 aromatic rings. The Morgan fingerprint density at radius 3 is 1.88 bits per heavy atom. The van der Waals surface area contributed by atoms with E-state index in [1.165, 1.54) is 27.0 Å². The summed E-state index contributed by atoms with van der Waals surface area (Å²) in [5.41, 5.74) is 0. The molecule has 5 rings (SSSR count). The molecule has 6 nitrogen and oxygen atoms in total. The first-order valence-electron chi connectivity index (χ1n) is 13.8. The van der Waals surface area contributed by atoms with Gasteiger partial charge in [0.05, 0.1) is 18.6 Å². The van der Waals surface area contributed by atoms with E-state index in [1.807, 2.05) is 55.2 Å². The van der Waals surface area contributed by atoms with E-state index in [0.29, 0.717) is 0 Å². The lowest BCUT2D eigenvalue weighted by molar-refractivity contribution is 0.171. The molecule has 3 heterocycles. The molecule has 0 radical (unpaired) electrons. The molecule has 0 spiro atoms. The molecule has 0 saturated heterocycles. The van der Waals surface area contributed by atoms with Gasteiger partial charge < -0.3 is 25.6 Å². The third kappa shape index (κ3) is 11.0. The first-order chi connectivity index (χ1) is 20.6. The molecule has 3 unspecified atom stereocenters.